The van der Waals surface area contributed by atoms with Gasteiger partial charge in [-0.2, -0.15) is 0 Å². The summed E-state index contributed by atoms with van der Waals surface area (Å²) in [6.07, 6.45) is 0. The van der Waals surface area contributed by atoms with Crippen molar-refractivity contribution in [3.05, 3.63) is 52.2 Å². The molecule has 0 radical (unpaired) electrons. The van der Waals surface area contributed by atoms with Crippen LogP contribution in [0.15, 0.2) is 46.7 Å². The first kappa shape index (κ1) is 15.7. The van der Waals surface area contributed by atoms with Gasteiger partial charge in [0.25, 0.3) is 5.91 Å². The SMILES string of the molecule is CN(C)S(=O)(=O)c1csc(C(=O)NCc2ccccc2)c1. The number of carbonyl (C=O) groups is 1. The average Bonchev–Trinajstić information content (AvgIpc) is 2.96. The van der Waals surface area contributed by atoms with Gasteiger partial charge in [0.1, 0.15) is 0 Å². The van der Waals surface area contributed by atoms with Crippen LogP contribution in [0.1, 0.15) is 15.2 Å². The monoisotopic (exact) mass is 324 g/mol. The van der Waals surface area contributed by atoms with Crippen LogP contribution in [0.3, 0.4) is 0 Å². The fraction of sp³-hybridized carbons (Fsp3) is 0.214. The quantitative estimate of drug-likeness (QED) is 0.914. The third-order valence-electron chi connectivity index (χ3n) is 2.87. The Balaban J connectivity index is 2.06. The molecule has 0 aliphatic heterocycles. The highest BCUT2D eigenvalue weighted by atomic mass is 32.2. The normalized spacial score (nSPS) is 11.6. The van der Waals surface area contributed by atoms with Crippen molar-refractivity contribution in [2.24, 2.45) is 0 Å². The summed E-state index contributed by atoms with van der Waals surface area (Å²) in [6.45, 7) is 0.410. The summed E-state index contributed by atoms with van der Waals surface area (Å²) in [4.78, 5) is 12.5. The largest absolute Gasteiger partial charge is 0.347 e. The molecule has 0 atom stereocenters. The van der Waals surface area contributed by atoms with Gasteiger partial charge < -0.3 is 5.32 Å². The number of hydrogen-bond acceptors (Lipinski definition) is 4. The van der Waals surface area contributed by atoms with E-state index < -0.39 is 10.0 Å². The Morgan fingerprint density at radius 3 is 2.52 bits per heavy atom. The van der Waals surface area contributed by atoms with Crippen LogP contribution in [-0.4, -0.2) is 32.7 Å². The van der Waals surface area contributed by atoms with E-state index in [4.69, 9.17) is 0 Å². The summed E-state index contributed by atoms with van der Waals surface area (Å²) >= 11 is 1.12. The number of thiophene rings is 1. The zero-order valence-electron chi connectivity index (χ0n) is 11.7. The summed E-state index contributed by atoms with van der Waals surface area (Å²) in [5.74, 6) is -0.274. The topological polar surface area (TPSA) is 66.5 Å². The maximum absolute atomic E-state index is 12.0. The molecule has 1 aromatic carbocycles. The Bertz CT molecular complexity index is 722. The van der Waals surface area contributed by atoms with Crippen LogP contribution in [-0.2, 0) is 16.6 Å². The summed E-state index contributed by atoms with van der Waals surface area (Å²) in [6, 6.07) is 10.9. The molecule has 0 saturated heterocycles. The Labute approximate surface area is 128 Å². The number of nitrogens with zero attached hydrogens (tertiary/aromatic N) is 1. The van der Waals surface area contributed by atoms with Crippen LogP contribution < -0.4 is 5.32 Å². The highest BCUT2D eigenvalue weighted by Gasteiger charge is 2.20. The molecule has 1 heterocycles. The van der Waals surface area contributed by atoms with E-state index in [0.29, 0.717) is 11.4 Å². The molecule has 112 valence electrons. The molecular formula is C14H16N2O3S2. The van der Waals surface area contributed by atoms with Gasteiger partial charge in [-0.3, -0.25) is 4.79 Å². The van der Waals surface area contributed by atoms with Gasteiger partial charge in [-0.25, -0.2) is 12.7 Å². The smallest absolute Gasteiger partial charge is 0.261 e. The summed E-state index contributed by atoms with van der Waals surface area (Å²) < 4.78 is 25.0. The molecule has 5 nitrogen and oxygen atoms in total. The molecule has 0 saturated carbocycles. The van der Waals surface area contributed by atoms with E-state index in [1.807, 2.05) is 30.3 Å². The minimum atomic E-state index is -3.49. The van der Waals surface area contributed by atoms with Crippen molar-refractivity contribution in [3.63, 3.8) is 0 Å². The Morgan fingerprint density at radius 2 is 1.90 bits per heavy atom. The van der Waals surface area contributed by atoms with Gasteiger partial charge in [0.15, 0.2) is 0 Å². The molecule has 2 rings (SSSR count). The average molecular weight is 324 g/mol. The van der Waals surface area contributed by atoms with Gasteiger partial charge >= 0.3 is 0 Å². The molecule has 1 N–H and O–H groups in total. The molecule has 0 bridgehead atoms. The zero-order chi connectivity index (χ0) is 15.5. The van der Waals surface area contributed by atoms with Crippen molar-refractivity contribution in [1.82, 2.24) is 9.62 Å². The van der Waals surface area contributed by atoms with Crippen molar-refractivity contribution in [1.29, 1.82) is 0 Å². The van der Waals surface area contributed by atoms with E-state index in [1.165, 1.54) is 25.5 Å². The number of benzene rings is 1. The number of carbonyl (C=O) groups excluding carboxylic acids is 1. The summed E-state index contributed by atoms with van der Waals surface area (Å²) in [5.41, 5.74) is 0.989. The van der Waals surface area contributed by atoms with E-state index in [-0.39, 0.29) is 10.8 Å². The molecule has 0 spiro atoms. The first-order chi connectivity index (χ1) is 9.91. The molecule has 0 aliphatic rings. The lowest BCUT2D eigenvalue weighted by molar-refractivity contribution is 0.0955. The minimum absolute atomic E-state index is 0.141. The van der Waals surface area contributed by atoms with Crippen LogP contribution in [0, 0.1) is 0 Å². The van der Waals surface area contributed by atoms with E-state index >= 15 is 0 Å². The number of nitrogens with one attached hydrogen (secondary N) is 1. The summed E-state index contributed by atoms with van der Waals surface area (Å²) in [7, 11) is -0.572. The highest BCUT2D eigenvalue weighted by Crippen LogP contribution is 2.21. The van der Waals surface area contributed by atoms with Crippen LogP contribution in [0.5, 0.6) is 0 Å². The van der Waals surface area contributed by atoms with Crippen molar-refractivity contribution in [2.75, 3.05) is 14.1 Å². The maximum Gasteiger partial charge on any atom is 0.261 e. The maximum atomic E-state index is 12.0. The standard InChI is InChI=1S/C14H16N2O3S2/c1-16(2)21(18,19)12-8-13(20-10-12)14(17)15-9-11-6-4-3-5-7-11/h3-8,10H,9H2,1-2H3,(H,15,17). The van der Waals surface area contributed by atoms with Gasteiger partial charge in [0.2, 0.25) is 10.0 Å². The van der Waals surface area contributed by atoms with Gasteiger partial charge in [-0.15, -0.1) is 11.3 Å². The molecule has 1 aromatic heterocycles. The van der Waals surface area contributed by atoms with Crippen LogP contribution in [0.4, 0.5) is 0 Å². The van der Waals surface area contributed by atoms with E-state index in [1.54, 1.807) is 0 Å². The first-order valence-corrected chi connectivity index (χ1v) is 8.56. The lowest BCUT2D eigenvalue weighted by atomic mass is 10.2. The Morgan fingerprint density at radius 1 is 1.24 bits per heavy atom. The fourth-order valence-corrected chi connectivity index (χ4v) is 3.73. The van der Waals surface area contributed by atoms with Crippen molar-refractivity contribution in [3.8, 4) is 0 Å². The van der Waals surface area contributed by atoms with E-state index in [0.717, 1.165) is 21.2 Å². The van der Waals surface area contributed by atoms with Gasteiger partial charge in [0, 0.05) is 26.0 Å². The molecule has 2 aromatic rings. The summed E-state index contributed by atoms with van der Waals surface area (Å²) in [5, 5.41) is 4.25. The van der Waals surface area contributed by atoms with Crippen LogP contribution in [0.2, 0.25) is 0 Å². The van der Waals surface area contributed by atoms with Crippen molar-refractivity contribution < 1.29 is 13.2 Å². The molecule has 21 heavy (non-hydrogen) atoms. The molecular weight excluding hydrogens is 308 g/mol. The van der Waals surface area contributed by atoms with Crippen LogP contribution in [0.25, 0.3) is 0 Å². The van der Waals surface area contributed by atoms with Crippen LogP contribution >= 0.6 is 11.3 Å². The predicted molar refractivity (Wildman–Crippen MR) is 82.8 cm³/mol. The zero-order valence-corrected chi connectivity index (χ0v) is 13.4. The number of hydrogen-bond donors (Lipinski definition) is 1. The number of rotatable bonds is 5. The second-order valence-electron chi connectivity index (χ2n) is 4.60. The third-order valence-corrected chi connectivity index (χ3v) is 5.74. The fourth-order valence-electron chi connectivity index (χ4n) is 1.65. The van der Waals surface area contributed by atoms with Gasteiger partial charge in [-0.1, -0.05) is 30.3 Å². The van der Waals surface area contributed by atoms with E-state index in [2.05, 4.69) is 5.32 Å². The lowest BCUT2D eigenvalue weighted by Gasteiger charge is -2.08. The van der Waals surface area contributed by atoms with Crippen molar-refractivity contribution in [2.45, 2.75) is 11.4 Å². The second-order valence-corrected chi connectivity index (χ2v) is 7.67. The van der Waals surface area contributed by atoms with Gasteiger partial charge in [-0.05, 0) is 11.6 Å². The molecule has 0 fully saturated rings. The molecule has 7 heteroatoms. The second kappa shape index (κ2) is 6.38. The highest BCUT2D eigenvalue weighted by molar-refractivity contribution is 7.89. The van der Waals surface area contributed by atoms with Gasteiger partial charge in [0.05, 0.1) is 9.77 Å². The lowest BCUT2D eigenvalue weighted by Crippen LogP contribution is -2.23. The predicted octanol–water partition coefficient (Wildman–Crippen LogP) is 1.93. The first-order valence-electron chi connectivity index (χ1n) is 6.24. The third kappa shape index (κ3) is 3.69. The minimum Gasteiger partial charge on any atom is -0.347 e. The molecule has 0 aliphatic carbocycles. The Hall–Kier alpha value is -1.70. The Kier molecular flexibility index (Phi) is 4.76. The van der Waals surface area contributed by atoms with Crippen molar-refractivity contribution >= 4 is 27.3 Å². The van der Waals surface area contributed by atoms with E-state index in [9.17, 15) is 13.2 Å². The number of amides is 1. The molecule has 0 unspecified atom stereocenters. The molecule has 1 amide bonds. The number of sulfonamides is 1.